The van der Waals surface area contributed by atoms with Crippen molar-refractivity contribution < 1.29 is 0 Å². The van der Waals surface area contributed by atoms with E-state index < -0.39 is 0 Å². The molecule has 0 bridgehead atoms. The summed E-state index contributed by atoms with van der Waals surface area (Å²) in [6.07, 6.45) is 0. The molecule has 0 saturated heterocycles. The maximum Gasteiger partial charge on any atom is 0.187 e. The highest BCUT2D eigenvalue weighted by Gasteiger charge is 2.22. The van der Waals surface area contributed by atoms with E-state index in [0.717, 1.165) is 49.5 Å². The van der Waals surface area contributed by atoms with E-state index in [-0.39, 0.29) is 0 Å². The zero-order valence-corrected chi connectivity index (χ0v) is 25.4. The number of aromatic nitrogens is 3. The van der Waals surface area contributed by atoms with E-state index in [1.165, 1.54) is 0 Å². The first-order valence-corrected chi connectivity index (χ1v) is 15.2. The zero-order chi connectivity index (χ0) is 32.6. The van der Waals surface area contributed by atoms with E-state index in [0.29, 0.717) is 45.1 Å². The van der Waals surface area contributed by atoms with E-state index in [1.54, 1.807) is 30.3 Å². The van der Waals surface area contributed by atoms with Crippen LogP contribution in [0.3, 0.4) is 0 Å². The van der Waals surface area contributed by atoms with Gasteiger partial charge in [-0.1, -0.05) is 109 Å². The predicted octanol–water partition coefficient (Wildman–Crippen LogP) is 11.0. The monoisotopic (exact) mass is 610 g/mol. The van der Waals surface area contributed by atoms with Crippen molar-refractivity contribution >= 4 is 44.1 Å². The largest absolute Gasteiger partial charge is 0.247 e. The van der Waals surface area contributed by atoms with Crippen LogP contribution in [0.15, 0.2) is 133 Å². The molecule has 0 atom stereocenters. The van der Waals surface area contributed by atoms with Gasteiger partial charge in [0.05, 0.1) is 58.4 Å². The van der Waals surface area contributed by atoms with Crippen LogP contribution in [0.1, 0.15) is 5.56 Å². The Hall–Kier alpha value is -7.20. The molecule has 6 heteroatoms. The third-order valence-electron chi connectivity index (χ3n) is 8.49. The third-order valence-corrected chi connectivity index (χ3v) is 8.49. The van der Waals surface area contributed by atoms with Crippen molar-refractivity contribution in [3.8, 4) is 51.0 Å². The molecule has 0 aliphatic heterocycles. The van der Waals surface area contributed by atoms with Crippen molar-refractivity contribution in [1.29, 1.82) is 5.26 Å². The molecular weight excluding hydrogens is 589 g/mol. The summed E-state index contributed by atoms with van der Waals surface area (Å²) in [4.78, 5) is 23.1. The second kappa shape index (κ2) is 11.6. The molecule has 8 rings (SSSR count). The summed E-state index contributed by atoms with van der Waals surface area (Å²) in [5.41, 5.74) is 10.3. The Morgan fingerprint density at radius 1 is 0.500 bits per heavy atom. The molecule has 2 aromatic heterocycles. The van der Waals surface area contributed by atoms with Gasteiger partial charge in [-0.2, -0.15) is 5.26 Å². The van der Waals surface area contributed by atoms with Gasteiger partial charge in [0.25, 0.3) is 0 Å². The second-order valence-electron chi connectivity index (χ2n) is 11.3. The fraction of sp³-hybridized carbons (Fsp3) is 0. The molecule has 220 valence electrons. The van der Waals surface area contributed by atoms with Gasteiger partial charge in [-0.3, -0.25) is 0 Å². The van der Waals surface area contributed by atoms with Gasteiger partial charge in [0.1, 0.15) is 0 Å². The van der Waals surface area contributed by atoms with Crippen LogP contribution in [0.2, 0.25) is 0 Å². The Morgan fingerprint density at radius 3 is 1.77 bits per heavy atom. The average Bonchev–Trinajstić information content (AvgIpc) is 3.17. The molecule has 0 radical (unpaired) electrons. The minimum Gasteiger partial charge on any atom is -0.247 e. The molecule has 0 aliphatic carbocycles. The van der Waals surface area contributed by atoms with Crippen molar-refractivity contribution in [2.75, 3.05) is 0 Å². The number of benzene rings is 6. The van der Waals surface area contributed by atoms with Gasteiger partial charge >= 0.3 is 0 Å². The fourth-order valence-corrected chi connectivity index (χ4v) is 6.24. The van der Waals surface area contributed by atoms with E-state index >= 15 is 0 Å². The summed E-state index contributed by atoms with van der Waals surface area (Å²) in [6, 6.07) is 44.9. The van der Waals surface area contributed by atoms with Crippen LogP contribution in [-0.2, 0) is 0 Å². The van der Waals surface area contributed by atoms with Crippen molar-refractivity contribution in [2.45, 2.75) is 0 Å². The maximum atomic E-state index is 9.80. The lowest BCUT2D eigenvalue weighted by Crippen LogP contribution is -2.00. The van der Waals surface area contributed by atoms with Gasteiger partial charge < -0.3 is 0 Å². The summed E-state index contributed by atoms with van der Waals surface area (Å²) in [5, 5.41) is 12.6. The van der Waals surface area contributed by atoms with Crippen LogP contribution in [0.25, 0.3) is 87.3 Å². The van der Waals surface area contributed by atoms with Crippen LogP contribution in [0.5, 0.6) is 0 Å². The Labute approximate surface area is 276 Å². The minimum atomic E-state index is 0.531. The van der Waals surface area contributed by atoms with Gasteiger partial charge in [0, 0.05) is 21.7 Å². The summed E-state index contributed by atoms with van der Waals surface area (Å²) in [5.74, 6) is 0. The number of fused-ring (bicyclic) bond motifs is 5. The van der Waals surface area contributed by atoms with Crippen molar-refractivity contribution in [3.05, 3.63) is 162 Å². The maximum absolute atomic E-state index is 9.80. The predicted molar refractivity (Wildman–Crippen MR) is 191 cm³/mol. The average molecular weight is 611 g/mol. The number of nitrogens with zero attached hydrogens (tertiary/aromatic N) is 6. The van der Waals surface area contributed by atoms with E-state index in [9.17, 15) is 5.26 Å². The normalized spacial score (nSPS) is 10.9. The highest BCUT2D eigenvalue weighted by molar-refractivity contribution is 6.25. The minimum absolute atomic E-state index is 0.531. The first-order valence-electron chi connectivity index (χ1n) is 15.2. The smallest absolute Gasteiger partial charge is 0.187 e. The number of nitriles is 1. The molecule has 0 amide bonds. The van der Waals surface area contributed by atoms with Gasteiger partial charge in [0.2, 0.25) is 0 Å². The molecule has 0 aliphatic rings. The molecule has 0 unspecified atom stereocenters. The van der Waals surface area contributed by atoms with E-state index in [2.05, 4.69) is 40.0 Å². The second-order valence-corrected chi connectivity index (χ2v) is 11.3. The Balaban J connectivity index is 1.58. The third kappa shape index (κ3) is 4.77. The van der Waals surface area contributed by atoms with Crippen molar-refractivity contribution in [1.82, 2.24) is 15.0 Å². The molecule has 0 spiro atoms. The Bertz CT molecular complexity index is 2680. The summed E-state index contributed by atoms with van der Waals surface area (Å²) in [7, 11) is 0. The van der Waals surface area contributed by atoms with E-state index in [1.807, 2.05) is 78.9 Å². The summed E-state index contributed by atoms with van der Waals surface area (Å²) >= 11 is 0. The van der Waals surface area contributed by atoms with Crippen LogP contribution in [-0.4, -0.2) is 15.0 Å². The van der Waals surface area contributed by atoms with E-state index in [4.69, 9.17) is 28.1 Å². The van der Waals surface area contributed by atoms with Crippen molar-refractivity contribution in [2.24, 2.45) is 0 Å². The van der Waals surface area contributed by atoms with Gasteiger partial charge in [-0.15, -0.1) is 0 Å². The molecule has 0 N–H and O–H groups in total. The fourth-order valence-electron chi connectivity index (χ4n) is 6.24. The molecule has 6 aromatic carbocycles. The van der Waals surface area contributed by atoms with Crippen LogP contribution < -0.4 is 0 Å². The van der Waals surface area contributed by atoms with Gasteiger partial charge in [0.15, 0.2) is 11.4 Å². The summed E-state index contributed by atoms with van der Waals surface area (Å²) < 4.78 is 0. The summed E-state index contributed by atoms with van der Waals surface area (Å²) in [6.45, 7) is 14.9. The standard InChI is InChI=1S/C42H22N6/c1-44-31-19-15-28(16-20-31)40-41(29-17-21-32(45-2)22-18-29)48-42-36(47-40)24-34(27-10-4-3-5-11-27)37-33-13-6-7-14-35(33)46-39(38(37)42)30-12-8-9-26(23-30)25-43/h3-24H. The number of para-hydroxylation sites is 1. The Morgan fingerprint density at radius 2 is 1.10 bits per heavy atom. The highest BCUT2D eigenvalue weighted by Crippen LogP contribution is 2.44. The van der Waals surface area contributed by atoms with Gasteiger partial charge in [-0.25, -0.2) is 24.6 Å². The SMILES string of the molecule is [C-]#[N+]c1ccc(-c2nc3cc(-c4ccccc4)c4c5ccccc5nc(-c5cccc(C#N)c5)c4c3nc2-c2ccc([N+]#[C-])cc2)cc1. The number of rotatable bonds is 4. The van der Waals surface area contributed by atoms with Gasteiger partial charge in [-0.05, 0) is 46.5 Å². The first-order chi connectivity index (χ1) is 23.6. The topological polar surface area (TPSA) is 71.2 Å². The lowest BCUT2D eigenvalue weighted by atomic mass is 9.91. The number of pyridine rings is 1. The molecule has 0 fully saturated rings. The van der Waals surface area contributed by atoms with Crippen LogP contribution in [0, 0.1) is 24.5 Å². The molecule has 8 aromatic rings. The lowest BCUT2D eigenvalue weighted by molar-refractivity contribution is 1.30. The molecule has 0 saturated carbocycles. The van der Waals surface area contributed by atoms with Crippen LogP contribution in [0.4, 0.5) is 11.4 Å². The molecule has 2 heterocycles. The first kappa shape index (κ1) is 28.3. The van der Waals surface area contributed by atoms with Crippen molar-refractivity contribution in [3.63, 3.8) is 0 Å². The Kier molecular flexibility index (Phi) is 6.85. The highest BCUT2D eigenvalue weighted by atomic mass is 14.8. The van der Waals surface area contributed by atoms with Crippen LogP contribution >= 0.6 is 0 Å². The lowest BCUT2D eigenvalue weighted by Gasteiger charge is -2.18. The number of hydrogen-bond donors (Lipinski definition) is 0. The molecule has 6 nitrogen and oxygen atoms in total. The molecule has 48 heavy (non-hydrogen) atoms. The molecular formula is C42H22N6. The zero-order valence-electron chi connectivity index (χ0n) is 25.4. The quantitative estimate of drug-likeness (QED) is 0.147. The number of hydrogen-bond acceptors (Lipinski definition) is 4.